The van der Waals surface area contributed by atoms with E-state index >= 15 is 0 Å². The third-order valence-electron chi connectivity index (χ3n) is 3.66. The second-order valence-corrected chi connectivity index (χ2v) is 7.87. The van der Waals surface area contributed by atoms with Crippen molar-refractivity contribution in [3.8, 4) is 0 Å². The standard InChI is InChI=1S/C17H21N3O5S2/c1-6-25-16(23)12-9(2)11(15(22)24-5)14(27-12)19-13(21)10(3)26-17-18-7-8-20(17)4/h7-8,10H,6H2,1-5H3,(H,19,21). The summed E-state index contributed by atoms with van der Waals surface area (Å²) in [5, 5.41) is 3.22. The van der Waals surface area contributed by atoms with Crippen LogP contribution in [0.5, 0.6) is 0 Å². The SMILES string of the molecule is CCOC(=O)c1sc(NC(=O)C(C)Sc2nccn2C)c(C(=O)OC)c1C. The number of rotatable bonds is 7. The Balaban J connectivity index is 2.26. The second-order valence-electron chi connectivity index (χ2n) is 5.54. The average Bonchev–Trinajstić information content (AvgIpc) is 3.17. The molecule has 2 rings (SSSR count). The third-order valence-corrected chi connectivity index (χ3v) is 6.02. The molecule has 2 heterocycles. The fourth-order valence-corrected chi connectivity index (χ4v) is 4.15. The molecule has 8 nitrogen and oxygen atoms in total. The molecule has 1 N–H and O–H groups in total. The summed E-state index contributed by atoms with van der Waals surface area (Å²) in [6, 6.07) is 0. The van der Waals surface area contributed by atoms with E-state index in [-0.39, 0.29) is 28.0 Å². The number of imidazole rings is 1. The van der Waals surface area contributed by atoms with Crippen LogP contribution >= 0.6 is 23.1 Å². The highest BCUT2D eigenvalue weighted by atomic mass is 32.2. The minimum Gasteiger partial charge on any atom is -0.465 e. The maximum absolute atomic E-state index is 12.6. The van der Waals surface area contributed by atoms with Crippen LogP contribution in [0.4, 0.5) is 5.00 Å². The zero-order valence-electron chi connectivity index (χ0n) is 15.7. The molecule has 0 aliphatic heterocycles. The Labute approximate surface area is 165 Å². The van der Waals surface area contributed by atoms with Crippen molar-refractivity contribution in [1.29, 1.82) is 0 Å². The van der Waals surface area contributed by atoms with Crippen LogP contribution in [0.25, 0.3) is 0 Å². The summed E-state index contributed by atoms with van der Waals surface area (Å²) in [7, 11) is 3.08. The summed E-state index contributed by atoms with van der Waals surface area (Å²) in [6.45, 7) is 5.26. The summed E-state index contributed by atoms with van der Waals surface area (Å²) in [6.07, 6.45) is 3.44. The van der Waals surface area contributed by atoms with E-state index in [2.05, 4.69) is 10.3 Å². The summed E-state index contributed by atoms with van der Waals surface area (Å²) in [4.78, 5) is 41.3. The van der Waals surface area contributed by atoms with Gasteiger partial charge in [-0.15, -0.1) is 11.3 Å². The van der Waals surface area contributed by atoms with Crippen molar-refractivity contribution in [3.05, 3.63) is 28.4 Å². The molecule has 1 unspecified atom stereocenters. The fourth-order valence-electron chi connectivity index (χ4n) is 2.23. The normalized spacial score (nSPS) is 11.7. The molecule has 0 saturated heterocycles. The Kier molecular flexibility index (Phi) is 7.03. The molecule has 0 aliphatic rings. The van der Waals surface area contributed by atoms with Crippen molar-refractivity contribution in [1.82, 2.24) is 9.55 Å². The quantitative estimate of drug-likeness (QED) is 0.552. The minimum atomic E-state index is -0.626. The zero-order valence-corrected chi connectivity index (χ0v) is 17.3. The van der Waals surface area contributed by atoms with Gasteiger partial charge in [0.25, 0.3) is 0 Å². The Morgan fingerprint density at radius 1 is 1.37 bits per heavy atom. The molecule has 146 valence electrons. The largest absolute Gasteiger partial charge is 0.465 e. The van der Waals surface area contributed by atoms with E-state index in [4.69, 9.17) is 9.47 Å². The molecule has 0 fully saturated rings. The lowest BCUT2D eigenvalue weighted by atomic mass is 10.1. The van der Waals surface area contributed by atoms with Gasteiger partial charge in [-0.3, -0.25) is 4.79 Å². The number of thiophene rings is 1. The van der Waals surface area contributed by atoms with Crippen molar-refractivity contribution in [2.45, 2.75) is 31.2 Å². The zero-order chi connectivity index (χ0) is 20.1. The van der Waals surface area contributed by atoms with Crippen LogP contribution in [0.2, 0.25) is 0 Å². The maximum atomic E-state index is 12.6. The first-order valence-electron chi connectivity index (χ1n) is 8.13. The predicted molar refractivity (Wildman–Crippen MR) is 104 cm³/mol. The lowest BCUT2D eigenvalue weighted by molar-refractivity contribution is -0.115. The molecule has 0 aliphatic carbocycles. The first kappa shape index (κ1) is 21.0. The molecule has 0 saturated carbocycles. The van der Waals surface area contributed by atoms with Crippen LogP contribution in [0.1, 0.15) is 39.4 Å². The molecule has 27 heavy (non-hydrogen) atoms. The molecule has 0 aromatic carbocycles. The summed E-state index contributed by atoms with van der Waals surface area (Å²) in [5.74, 6) is -1.48. The number of carbonyl (C=O) groups excluding carboxylic acids is 3. The second kappa shape index (κ2) is 9.05. The van der Waals surface area contributed by atoms with Crippen LogP contribution in [0, 0.1) is 6.92 Å². The Bertz CT molecular complexity index is 859. The average molecular weight is 412 g/mol. The predicted octanol–water partition coefficient (Wildman–Crippen LogP) is 2.87. The van der Waals surface area contributed by atoms with Crippen molar-refractivity contribution < 1.29 is 23.9 Å². The molecule has 10 heteroatoms. The number of hydrogen-bond acceptors (Lipinski definition) is 8. The highest BCUT2D eigenvalue weighted by molar-refractivity contribution is 8.00. The molecular weight excluding hydrogens is 390 g/mol. The smallest absolute Gasteiger partial charge is 0.348 e. The fraction of sp³-hybridized carbons (Fsp3) is 0.412. The number of thioether (sulfide) groups is 1. The number of nitrogens with zero attached hydrogens (tertiary/aromatic N) is 2. The molecule has 0 radical (unpaired) electrons. The van der Waals surface area contributed by atoms with Crippen molar-refractivity contribution in [2.75, 3.05) is 19.0 Å². The van der Waals surface area contributed by atoms with Gasteiger partial charge in [-0.2, -0.15) is 0 Å². The Morgan fingerprint density at radius 3 is 2.63 bits per heavy atom. The highest BCUT2D eigenvalue weighted by Crippen LogP contribution is 2.35. The lowest BCUT2D eigenvalue weighted by Gasteiger charge is -2.11. The van der Waals surface area contributed by atoms with Gasteiger partial charge in [-0.05, 0) is 26.3 Å². The van der Waals surface area contributed by atoms with Gasteiger partial charge >= 0.3 is 11.9 Å². The van der Waals surface area contributed by atoms with Crippen molar-refractivity contribution in [2.24, 2.45) is 7.05 Å². The topological polar surface area (TPSA) is 99.5 Å². The molecule has 2 aromatic rings. The molecular formula is C17H21N3O5S2. The van der Waals surface area contributed by atoms with Gasteiger partial charge < -0.3 is 19.4 Å². The van der Waals surface area contributed by atoms with Crippen LogP contribution in [0.3, 0.4) is 0 Å². The number of hydrogen-bond donors (Lipinski definition) is 1. The van der Waals surface area contributed by atoms with E-state index < -0.39 is 17.2 Å². The van der Waals surface area contributed by atoms with Gasteiger partial charge in [0.2, 0.25) is 5.91 Å². The van der Waals surface area contributed by atoms with Crippen LogP contribution in [-0.2, 0) is 21.3 Å². The minimum absolute atomic E-state index is 0.160. The van der Waals surface area contributed by atoms with Crippen molar-refractivity contribution in [3.63, 3.8) is 0 Å². The number of esters is 2. The number of aromatic nitrogens is 2. The number of amides is 1. The maximum Gasteiger partial charge on any atom is 0.348 e. The van der Waals surface area contributed by atoms with Crippen LogP contribution < -0.4 is 5.32 Å². The van der Waals surface area contributed by atoms with Gasteiger partial charge in [0.05, 0.1) is 24.5 Å². The number of ether oxygens (including phenoxy) is 2. The highest BCUT2D eigenvalue weighted by Gasteiger charge is 2.28. The number of carbonyl (C=O) groups is 3. The first-order chi connectivity index (χ1) is 12.8. The molecule has 1 amide bonds. The Morgan fingerprint density at radius 2 is 2.07 bits per heavy atom. The van der Waals surface area contributed by atoms with Crippen LogP contribution in [0.15, 0.2) is 17.6 Å². The monoisotopic (exact) mass is 411 g/mol. The van der Waals surface area contributed by atoms with E-state index in [0.717, 1.165) is 11.3 Å². The van der Waals surface area contributed by atoms with Crippen LogP contribution in [-0.4, -0.2) is 46.4 Å². The number of anilines is 1. The van der Waals surface area contributed by atoms with E-state index in [0.29, 0.717) is 10.7 Å². The lowest BCUT2D eigenvalue weighted by Crippen LogP contribution is -2.23. The van der Waals surface area contributed by atoms with Gasteiger partial charge in [0.15, 0.2) is 5.16 Å². The molecule has 2 aromatic heterocycles. The van der Waals surface area contributed by atoms with Crippen molar-refractivity contribution >= 4 is 45.9 Å². The van der Waals surface area contributed by atoms with E-state index in [1.165, 1.54) is 18.9 Å². The van der Waals surface area contributed by atoms with Gasteiger partial charge in [-0.25, -0.2) is 14.6 Å². The summed E-state index contributed by atoms with van der Waals surface area (Å²) in [5.41, 5.74) is 0.582. The number of methoxy groups -OCH3 is 1. The first-order valence-corrected chi connectivity index (χ1v) is 9.83. The molecule has 1 atom stereocenters. The number of nitrogens with one attached hydrogen (secondary N) is 1. The van der Waals surface area contributed by atoms with E-state index in [1.807, 2.05) is 11.6 Å². The van der Waals surface area contributed by atoms with E-state index in [9.17, 15) is 14.4 Å². The summed E-state index contributed by atoms with van der Waals surface area (Å²) >= 11 is 2.28. The molecule has 0 bridgehead atoms. The molecule has 0 spiro atoms. The van der Waals surface area contributed by atoms with Gasteiger partial charge in [0, 0.05) is 19.4 Å². The van der Waals surface area contributed by atoms with Gasteiger partial charge in [-0.1, -0.05) is 11.8 Å². The summed E-state index contributed by atoms with van der Waals surface area (Å²) < 4.78 is 11.6. The third kappa shape index (κ3) is 4.69. The number of aryl methyl sites for hydroxylation is 1. The Hall–Kier alpha value is -2.33. The van der Waals surface area contributed by atoms with E-state index in [1.54, 1.807) is 33.2 Å². The van der Waals surface area contributed by atoms with Gasteiger partial charge in [0.1, 0.15) is 9.88 Å².